The van der Waals surface area contributed by atoms with E-state index in [1.54, 1.807) is 30.2 Å². The number of carbonyl (C=O) groups excluding carboxylic acids is 1. The van der Waals surface area contributed by atoms with Crippen LogP contribution in [0.1, 0.15) is 31.5 Å². The summed E-state index contributed by atoms with van der Waals surface area (Å²) in [6.45, 7) is 2.17. The Labute approximate surface area is 226 Å². The number of anilines is 2. The van der Waals surface area contributed by atoms with Gasteiger partial charge in [-0.15, -0.1) is 5.10 Å². The Morgan fingerprint density at radius 1 is 1.11 bits per heavy atom. The van der Waals surface area contributed by atoms with Crippen LogP contribution < -0.4 is 5.32 Å². The third kappa shape index (κ3) is 5.46. The van der Waals surface area contributed by atoms with Gasteiger partial charge in [-0.25, -0.2) is 9.97 Å². The van der Waals surface area contributed by atoms with E-state index in [1.165, 1.54) is 0 Å². The largest absolute Gasteiger partial charge is 0.340 e. The third-order valence-corrected chi connectivity index (χ3v) is 7.43. The molecule has 1 amide bonds. The fourth-order valence-electron chi connectivity index (χ4n) is 4.19. The number of piperidine rings is 1. The van der Waals surface area contributed by atoms with Gasteiger partial charge >= 0.3 is 0 Å². The van der Waals surface area contributed by atoms with Crippen LogP contribution in [0.2, 0.25) is 5.02 Å². The Hall–Kier alpha value is -3.19. The first-order valence-corrected chi connectivity index (χ1v) is 13.0. The molecule has 1 saturated heterocycles. The number of likely N-dealkylation sites (tertiary alicyclic amines) is 1. The second kappa shape index (κ2) is 10.4. The fourth-order valence-corrected chi connectivity index (χ4v) is 5.40. The van der Waals surface area contributed by atoms with E-state index >= 15 is 0 Å². The molecule has 3 aromatic heterocycles. The molecule has 0 aliphatic carbocycles. The molecule has 0 radical (unpaired) electrons. The van der Waals surface area contributed by atoms with Crippen LogP contribution in [0.3, 0.4) is 0 Å². The van der Waals surface area contributed by atoms with E-state index in [9.17, 15) is 4.79 Å². The number of aryl methyl sites for hydroxylation is 1. The number of carbonyl (C=O) groups is 1. The molecule has 1 aromatic carbocycles. The summed E-state index contributed by atoms with van der Waals surface area (Å²) in [7, 11) is 1.81. The van der Waals surface area contributed by atoms with E-state index < -0.39 is 0 Å². The van der Waals surface area contributed by atoms with Crippen molar-refractivity contribution < 1.29 is 4.79 Å². The maximum atomic E-state index is 12.2. The number of hydrogen-bond acceptors (Lipinski definition) is 8. The summed E-state index contributed by atoms with van der Waals surface area (Å²) < 4.78 is 1.81. The molecule has 0 spiro atoms. The molecule has 36 heavy (non-hydrogen) atoms. The summed E-state index contributed by atoms with van der Waals surface area (Å²) in [6.07, 6.45) is 8.51. The number of hydrogen-bond donors (Lipinski definition) is 1. The lowest BCUT2D eigenvalue weighted by molar-refractivity contribution is -0.130. The van der Waals surface area contributed by atoms with Crippen molar-refractivity contribution in [3.05, 3.63) is 59.9 Å². The highest BCUT2D eigenvalue weighted by atomic mass is 127. The highest BCUT2D eigenvalue weighted by molar-refractivity contribution is 14.1. The van der Waals surface area contributed by atoms with Crippen LogP contribution in [0.25, 0.3) is 22.6 Å². The lowest BCUT2D eigenvalue weighted by Crippen LogP contribution is -2.42. The van der Waals surface area contributed by atoms with Gasteiger partial charge in [-0.2, -0.15) is 0 Å². The zero-order valence-electron chi connectivity index (χ0n) is 19.6. The van der Waals surface area contributed by atoms with E-state index in [0.717, 1.165) is 24.1 Å². The average molecular weight is 616 g/mol. The number of alkyl halides is 1. The SMILES string of the molecule is CC(=O)N1C[C@H](c2nc(Nc3cc(Cl)cc(-c4cn(C)nn4)c3)cc(-c3cnccn3)n2)CC[C@@H]1I. The Balaban J connectivity index is 1.52. The monoisotopic (exact) mass is 615 g/mol. The minimum absolute atomic E-state index is 0.00611. The van der Waals surface area contributed by atoms with Gasteiger partial charge in [-0.3, -0.25) is 19.4 Å². The predicted molar refractivity (Wildman–Crippen MR) is 145 cm³/mol. The summed E-state index contributed by atoms with van der Waals surface area (Å²) >= 11 is 8.75. The van der Waals surface area contributed by atoms with Gasteiger partial charge in [-0.1, -0.05) is 39.4 Å². The van der Waals surface area contributed by atoms with E-state index in [-0.39, 0.29) is 15.9 Å². The van der Waals surface area contributed by atoms with Crippen LogP contribution in [0.15, 0.2) is 49.1 Å². The van der Waals surface area contributed by atoms with Crippen molar-refractivity contribution in [1.82, 2.24) is 39.8 Å². The maximum Gasteiger partial charge on any atom is 0.220 e. The lowest BCUT2D eigenvalue weighted by atomic mass is 9.97. The molecule has 1 N–H and O–H groups in total. The van der Waals surface area contributed by atoms with Crippen LogP contribution in [-0.4, -0.2) is 56.3 Å². The lowest BCUT2D eigenvalue weighted by Gasteiger charge is -2.35. The Bertz CT molecular complexity index is 1400. The van der Waals surface area contributed by atoms with Gasteiger partial charge in [0.2, 0.25) is 5.91 Å². The zero-order valence-corrected chi connectivity index (χ0v) is 22.6. The van der Waals surface area contributed by atoms with E-state index in [2.05, 4.69) is 48.2 Å². The molecule has 12 heteroatoms. The Morgan fingerprint density at radius 3 is 2.69 bits per heavy atom. The van der Waals surface area contributed by atoms with Crippen molar-refractivity contribution in [2.24, 2.45) is 7.05 Å². The number of halogens is 2. The smallest absolute Gasteiger partial charge is 0.220 e. The standard InChI is InChI=1S/C24H23ClIN9O/c1-14(36)35-12-15(3-4-22(35)26)24-30-19(20-11-27-5-6-28-20)10-23(31-24)29-18-8-16(7-17(25)9-18)21-13-34(2)33-32-21/h5-11,13,15,22H,3-4,12H2,1-2H3,(H,29,30,31)/t15-,22-/m1/s1. The topological polar surface area (TPSA) is 115 Å². The Morgan fingerprint density at radius 2 is 1.97 bits per heavy atom. The number of benzene rings is 1. The predicted octanol–water partition coefficient (Wildman–Crippen LogP) is 4.61. The summed E-state index contributed by atoms with van der Waals surface area (Å²) in [6, 6.07) is 7.44. The number of nitrogens with one attached hydrogen (secondary N) is 1. The number of nitrogens with zero attached hydrogens (tertiary/aromatic N) is 8. The quantitative estimate of drug-likeness (QED) is 0.197. The molecule has 0 unspecified atom stereocenters. The van der Waals surface area contributed by atoms with Gasteiger partial charge in [-0.05, 0) is 31.0 Å². The van der Waals surface area contributed by atoms with Gasteiger partial charge in [0.15, 0.2) is 0 Å². The van der Waals surface area contributed by atoms with Gasteiger partial charge in [0.05, 0.1) is 22.1 Å². The molecule has 2 atom stereocenters. The normalized spacial score (nSPS) is 17.7. The first-order valence-electron chi connectivity index (χ1n) is 11.4. The molecular formula is C24H23ClIN9O. The third-order valence-electron chi connectivity index (χ3n) is 5.92. The minimum atomic E-state index is 0.00611. The van der Waals surface area contributed by atoms with Crippen molar-refractivity contribution in [3.8, 4) is 22.6 Å². The van der Waals surface area contributed by atoms with Crippen molar-refractivity contribution >= 4 is 51.6 Å². The Kier molecular flexibility index (Phi) is 7.10. The van der Waals surface area contributed by atoms with Crippen LogP contribution in [0, 0.1) is 0 Å². The molecule has 184 valence electrons. The van der Waals surface area contributed by atoms with Crippen LogP contribution in [-0.2, 0) is 11.8 Å². The summed E-state index contributed by atoms with van der Waals surface area (Å²) in [4.78, 5) is 32.4. The summed E-state index contributed by atoms with van der Waals surface area (Å²) in [5, 5.41) is 12.1. The molecule has 0 bridgehead atoms. The summed E-state index contributed by atoms with van der Waals surface area (Å²) in [5.74, 6) is 1.31. The van der Waals surface area contributed by atoms with Crippen LogP contribution >= 0.6 is 34.2 Å². The molecule has 1 fully saturated rings. The second-order valence-corrected chi connectivity index (χ2v) is 10.5. The van der Waals surface area contributed by atoms with Crippen molar-refractivity contribution in [1.29, 1.82) is 0 Å². The van der Waals surface area contributed by atoms with Crippen molar-refractivity contribution in [2.75, 3.05) is 11.9 Å². The molecule has 5 rings (SSSR count). The maximum absolute atomic E-state index is 12.2. The fraction of sp³-hybridized carbons (Fsp3) is 0.292. The van der Waals surface area contributed by atoms with Gasteiger partial charge in [0.1, 0.15) is 23.0 Å². The van der Waals surface area contributed by atoms with Gasteiger partial charge in [0.25, 0.3) is 0 Å². The van der Waals surface area contributed by atoms with Crippen LogP contribution in [0.4, 0.5) is 11.5 Å². The number of amides is 1. The minimum Gasteiger partial charge on any atom is -0.340 e. The van der Waals surface area contributed by atoms with Crippen molar-refractivity contribution in [3.63, 3.8) is 0 Å². The van der Waals surface area contributed by atoms with Gasteiger partial charge < -0.3 is 10.2 Å². The molecule has 10 nitrogen and oxygen atoms in total. The first kappa shape index (κ1) is 24.5. The number of rotatable bonds is 5. The highest BCUT2D eigenvalue weighted by Gasteiger charge is 2.31. The first-order chi connectivity index (χ1) is 17.4. The second-order valence-electron chi connectivity index (χ2n) is 8.60. The van der Waals surface area contributed by atoms with Gasteiger partial charge in [0, 0.05) is 61.2 Å². The van der Waals surface area contributed by atoms with Crippen LogP contribution in [0.5, 0.6) is 0 Å². The van der Waals surface area contributed by atoms with E-state index in [0.29, 0.717) is 40.3 Å². The molecule has 4 heterocycles. The van der Waals surface area contributed by atoms with E-state index in [1.807, 2.05) is 42.4 Å². The molecular weight excluding hydrogens is 593 g/mol. The molecule has 4 aromatic rings. The molecule has 1 aliphatic rings. The molecule has 1 aliphatic heterocycles. The van der Waals surface area contributed by atoms with Crippen molar-refractivity contribution in [2.45, 2.75) is 29.7 Å². The summed E-state index contributed by atoms with van der Waals surface area (Å²) in [5.41, 5.74) is 3.59. The van der Waals surface area contributed by atoms with E-state index in [4.69, 9.17) is 21.6 Å². The zero-order chi connectivity index (χ0) is 25.2. The number of aromatic nitrogens is 7. The highest BCUT2D eigenvalue weighted by Crippen LogP contribution is 2.34. The average Bonchev–Trinajstić information content (AvgIpc) is 3.30. The molecule has 0 saturated carbocycles.